The Morgan fingerprint density at radius 2 is 1.78 bits per heavy atom. The number of hydrogen-bond donors (Lipinski definition) is 0. The molecule has 27 heavy (non-hydrogen) atoms. The van der Waals surface area contributed by atoms with E-state index in [1.54, 1.807) is 18.2 Å². The Bertz CT molecular complexity index is 1030. The van der Waals surface area contributed by atoms with Crippen molar-refractivity contribution in [1.82, 2.24) is 0 Å². The van der Waals surface area contributed by atoms with E-state index < -0.39 is 23.4 Å². The Hall–Kier alpha value is -3.08. The molecule has 2 aliphatic rings. The van der Waals surface area contributed by atoms with Crippen LogP contribution in [0, 0.1) is 28.1 Å². The molecular weight excluding hydrogens is 358 g/mol. The van der Waals surface area contributed by atoms with Gasteiger partial charge in [0.15, 0.2) is 11.2 Å². The van der Waals surface area contributed by atoms with Crippen LogP contribution in [0.4, 0.5) is 5.69 Å². The average molecular weight is 374 g/mol. The molecule has 1 saturated heterocycles. The fraction of sp³-hybridized carbons (Fsp3) is 0.227. The third-order valence-corrected chi connectivity index (χ3v) is 5.92. The molecule has 0 spiro atoms. The highest BCUT2D eigenvalue weighted by atomic mass is 35.5. The number of carbonyl (C=O) groups is 1. The zero-order chi connectivity index (χ0) is 19.2. The monoisotopic (exact) mass is 373 g/mol. The van der Waals surface area contributed by atoms with Crippen molar-refractivity contribution in [2.24, 2.45) is 5.41 Å². The lowest BCUT2D eigenvalue weighted by Crippen LogP contribution is -2.43. The van der Waals surface area contributed by atoms with Crippen LogP contribution in [-0.2, 0) is 4.79 Å². The van der Waals surface area contributed by atoms with Crippen molar-refractivity contribution in [1.29, 1.82) is 10.5 Å². The molecule has 0 radical (unpaired) electrons. The van der Waals surface area contributed by atoms with Crippen molar-refractivity contribution in [3.05, 3.63) is 70.8 Å². The molecule has 4 rings (SSSR count). The maximum atomic E-state index is 12.8. The summed E-state index contributed by atoms with van der Waals surface area (Å²) in [6.07, 6.45) is 3.79. The Kier molecular flexibility index (Phi) is 4.02. The summed E-state index contributed by atoms with van der Waals surface area (Å²) in [4.78, 5) is 14.7. The third kappa shape index (κ3) is 2.31. The van der Waals surface area contributed by atoms with Crippen molar-refractivity contribution in [3.63, 3.8) is 0 Å². The van der Waals surface area contributed by atoms with Gasteiger partial charge < -0.3 is 4.90 Å². The summed E-state index contributed by atoms with van der Waals surface area (Å²) in [6.45, 7) is 1.51. The van der Waals surface area contributed by atoms with E-state index in [9.17, 15) is 15.3 Å². The Labute approximate surface area is 162 Å². The van der Waals surface area contributed by atoms with Crippen LogP contribution in [0.1, 0.15) is 24.0 Å². The van der Waals surface area contributed by atoms with Gasteiger partial charge >= 0.3 is 0 Å². The standard InChI is InChI=1S/C22H16ClN3O/c1-14(27)21-20(16-7-3-4-8-17(16)23)22(12-24,13-25)19-11-10-15-6-2-5-9-18(15)26(19)21/h2-11,19-21H,1H3/t19-,20-,21-/m1/s1. The van der Waals surface area contributed by atoms with Crippen molar-refractivity contribution >= 4 is 29.1 Å². The number of nitrogens with zero attached hydrogens (tertiary/aromatic N) is 3. The molecule has 5 heteroatoms. The first-order valence-corrected chi connectivity index (χ1v) is 9.06. The van der Waals surface area contributed by atoms with Gasteiger partial charge in [-0.05, 0) is 30.2 Å². The molecule has 3 atom stereocenters. The summed E-state index contributed by atoms with van der Waals surface area (Å²) in [7, 11) is 0. The van der Waals surface area contributed by atoms with Gasteiger partial charge in [-0.2, -0.15) is 10.5 Å². The number of carbonyl (C=O) groups excluding carboxylic acids is 1. The number of anilines is 1. The zero-order valence-electron chi connectivity index (χ0n) is 14.6. The van der Waals surface area contributed by atoms with E-state index in [0.717, 1.165) is 11.3 Å². The Morgan fingerprint density at radius 1 is 1.11 bits per heavy atom. The van der Waals surface area contributed by atoms with E-state index in [0.29, 0.717) is 10.6 Å². The maximum absolute atomic E-state index is 12.8. The molecule has 132 valence electrons. The number of Topliss-reactive ketones (excluding diaryl/α,β-unsaturated/α-hetero) is 1. The second kappa shape index (κ2) is 6.27. The van der Waals surface area contributed by atoms with Crippen molar-refractivity contribution in [2.45, 2.75) is 24.9 Å². The third-order valence-electron chi connectivity index (χ3n) is 5.57. The largest absolute Gasteiger partial charge is 0.351 e. The summed E-state index contributed by atoms with van der Waals surface area (Å²) in [5.74, 6) is -0.748. The zero-order valence-corrected chi connectivity index (χ0v) is 15.4. The lowest BCUT2D eigenvalue weighted by atomic mass is 9.69. The molecule has 0 unspecified atom stereocenters. The quantitative estimate of drug-likeness (QED) is 0.785. The molecule has 0 N–H and O–H groups in total. The number of benzene rings is 2. The number of halogens is 1. The molecule has 0 bridgehead atoms. The van der Waals surface area contributed by atoms with Crippen LogP contribution in [0.25, 0.3) is 6.08 Å². The first-order chi connectivity index (χ1) is 13.0. The van der Waals surface area contributed by atoms with E-state index in [2.05, 4.69) is 12.1 Å². The minimum Gasteiger partial charge on any atom is -0.351 e. The van der Waals surface area contributed by atoms with Crippen LogP contribution in [0.3, 0.4) is 0 Å². The molecular formula is C22H16ClN3O. The maximum Gasteiger partial charge on any atom is 0.176 e. The predicted octanol–water partition coefficient (Wildman–Crippen LogP) is 4.33. The van der Waals surface area contributed by atoms with E-state index in [1.807, 2.05) is 47.4 Å². The summed E-state index contributed by atoms with van der Waals surface area (Å²) in [5, 5.41) is 20.7. The molecule has 2 aliphatic heterocycles. The SMILES string of the molecule is CC(=O)[C@@H]1[C@@H](c2ccccc2Cl)C(C#N)(C#N)[C@H]2C=Cc3ccccc3N12. The number of nitriles is 2. The topological polar surface area (TPSA) is 67.9 Å². The normalized spacial score (nSPS) is 24.4. The summed E-state index contributed by atoms with van der Waals surface area (Å²) in [5.41, 5.74) is 1.05. The van der Waals surface area contributed by atoms with Crippen molar-refractivity contribution in [2.75, 3.05) is 4.90 Å². The molecule has 0 amide bonds. The highest BCUT2D eigenvalue weighted by Gasteiger charge is 2.63. The van der Waals surface area contributed by atoms with Gasteiger partial charge in [0, 0.05) is 16.6 Å². The summed E-state index contributed by atoms with van der Waals surface area (Å²) >= 11 is 6.45. The van der Waals surface area contributed by atoms with Gasteiger partial charge in [-0.15, -0.1) is 0 Å². The fourth-order valence-corrected chi connectivity index (χ4v) is 4.71. The highest BCUT2D eigenvalue weighted by molar-refractivity contribution is 6.31. The summed E-state index contributed by atoms with van der Waals surface area (Å²) in [6, 6.07) is 18.2. The minimum absolute atomic E-state index is 0.0950. The number of para-hydroxylation sites is 1. The predicted molar refractivity (Wildman–Crippen MR) is 104 cm³/mol. The van der Waals surface area contributed by atoms with Crippen LogP contribution < -0.4 is 4.90 Å². The van der Waals surface area contributed by atoms with Gasteiger partial charge in [-0.25, -0.2) is 0 Å². The fourth-order valence-electron chi connectivity index (χ4n) is 4.46. The molecule has 2 aromatic rings. The van der Waals surface area contributed by atoms with E-state index in [1.165, 1.54) is 6.92 Å². The van der Waals surface area contributed by atoms with Gasteiger partial charge in [0.25, 0.3) is 0 Å². The first kappa shape index (κ1) is 17.3. The van der Waals surface area contributed by atoms with Crippen LogP contribution in [0.15, 0.2) is 54.6 Å². The van der Waals surface area contributed by atoms with Gasteiger partial charge in [-0.1, -0.05) is 60.2 Å². The number of hydrogen-bond acceptors (Lipinski definition) is 4. The first-order valence-electron chi connectivity index (χ1n) is 8.68. The smallest absolute Gasteiger partial charge is 0.176 e. The molecule has 0 aliphatic carbocycles. The molecule has 0 saturated carbocycles. The van der Waals surface area contributed by atoms with Crippen molar-refractivity contribution in [3.8, 4) is 12.1 Å². The molecule has 1 fully saturated rings. The van der Waals surface area contributed by atoms with E-state index in [4.69, 9.17) is 11.6 Å². The molecule has 4 nitrogen and oxygen atoms in total. The van der Waals surface area contributed by atoms with E-state index in [-0.39, 0.29) is 5.78 Å². The van der Waals surface area contributed by atoms with Gasteiger partial charge in [0.1, 0.15) is 0 Å². The molecule has 2 aromatic carbocycles. The van der Waals surface area contributed by atoms with Crippen LogP contribution in [0.2, 0.25) is 5.02 Å². The van der Waals surface area contributed by atoms with Crippen LogP contribution >= 0.6 is 11.6 Å². The Morgan fingerprint density at radius 3 is 2.44 bits per heavy atom. The summed E-state index contributed by atoms with van der Waals surface area (Å²) < 4.78 is 0. The lowest BCUT2D eigenvalue weighted by molar-refractivity contribution is -0.118. The number of fused-ring (bicyclic) bond motifs is 3. The van der Waals surface area contributed by atoms with Gasteiger partial charge in [0.2, 0.25) is 0 Å². The van der Waals surface area contributed by atoms with Gasteiger partial charge in [-0.3, -0.25) is 4.79 Å². The number of rotatable bonds is 2. The lowest BCUT2D eigenvalue weighted by Gasteiger charge is -2.35. The van der Waals surface area contributed by atoms with Crippen LogP contribution in [0.5, 0.6) is 0 Å². The van der Waals surface area contributed by atoms with E-state index >= 15 is 0 Å². The highest BCUT2D eigenvalue weighted by Crippen LogP contribution is 2.55. The molecule has 2 heterocycles. The van der Waals surface area contributed by atoms with Crippen LogP contribution in [-0.4, -0.2) is 17.9 Å². The second-order valence-electron chi connectivity index (χ2n) is 6.92. The second-order valence-corrected chi connectivity index (χ2v) is 7.32. The van der Waals surface area contributed by atoms with Gasteiger partial charge in [0.05, 0.1) is 24.2 Å². The molecule has 0 aromatic heterocycles. The average Bonchev–Trinajstić information content (AvgIpc) is 2.99. The minimum atomic E-state index is -1.43. The van der Waals surface area contributed by atoms with Crippen molar-refractivity contribution < 1.29 is 4.79 Å². The Balaban J connectivity index is 2.03. The number of ketones is 1.